The summed E-state index contributed by atoms with van der Waals surface area (Å²) in [5.41, 5.74) is 7.30. The van der Waals surface area contributed by atoms with Crippen molar-refractivity contribution >= 4 is 17.3 Å². The fourth-order valence-corrected chi connectivity index (χ4v) is 2.16. The molecule has 0 amide bonds. The molecule has 5 nitrogen and oxygen atoms in total. The van der Waals surface area contributed by atoms with E-state index in [1.54, 1.807) is 18.2 Å². The molecule has 0 radical (unpaired) electrons. The van der Waals surface area contributed by atoms with Crippen molar-refractivity contribution in [1.82, 2.24) is 0 Å². The van der Waals surface area contributed by atoms with Crippen LogP contribution in [0.3, 0.4) is 0 Å². The molecule has 0 fully saturated rings. The number of nitrogens with zero attached hydrogens (tertiary/aromatic N) is 1. The third-order valence-corrected chi connectivity index (χ3v) is 3.24. The Kier molecular flexibility index (Phi) is 5.14. The largest absolute Gasteiger partial charge is 0.487 e. The molecule has 0 heterocycles. The summed E-state index contributed by atoms with van der Waals surface area (Å²) in [6, 6.07) is 11.8. The van der Waals surface area contributed by atoms with Gasteiger partial charge in [0, 0.05) is 12.1 Å². The fourth-order valence-electron chi connectivity index (χ4n) is 1.90. The van der Waals surface area contributed by atoms with E-state index in [2.05, 4.69) is 0 Å². The topological polar surface area (TPSA) is 78.4 Å². The molecule has 0 aliphatic carbocycles. The maximum Gasteiger partial charge on any atom is 0.269 e. The maximum atomic E-state index is 10.7. The van der Waals surface area contributed by atoms with Crippen LogP contribution in [-0.2, 0) is 13.0 Å². The van der Waals surface area contributed by atoms with Crippen LogP contribution in [-0.4, -0.2) is 11.5 Å². The molecule has 0 saturated carbocycles. The van der Waals surface area contributed by atoms with Crippen molar-refractivity contribution in [2.75, 3.05) is 6.54 Å². The van der Waals surface area contributed by atoms with Gasteiger partial charge in [-0.05, 0) is 36.2 Å². The lowest BCUT2D eigenvalue weighted by Gasteiger charge is -2.09. The molecule has 110 valence electrons. The molecule has 2 rings (SSSR count). The van der Waals surface area contributed by atoms with E-state index in [4.69, 9.17) is 22.1 Å². The number of halogens is 1. The van der Waals surface area contributed by atoms with Gasteiger partial charge in [0.15, 0.2) is 0 Å². The van der Waals surface area contributed by atoms with Gasteiger partial charge in [0.2, 0.25) is 0 Å². The molecule has 0 spiro atoms. The number of hydrogen-bond donors (Lipinski definition) is 1. The van der Waals surface area contributed by atoms with Crippen molar-refractivity contribution in [3.8, 4) is 5.75 Å². The molecule has 2 N–H and O–H groups in total. The molecule has 2 aromatic rings. The van der Waals surface area contributed by atoms with Crippen molar-refractivity contribution < 1.29 is 9.66 Å². The van der Waals surface area contributed by atoms with Crippen LogP contribution in [0.2, 0.25) is 5.02 Å². The van der Waals surface area contributed by atoms with Gasteiger partial charge in [0.05, 0.1) is 9.95 Å². The van der Waals surface area contributed by atoms with Crippen LogP contribution in [0.25, 0.3) is 0 Å². The van der Waals surface area contributed by atoms with Crippen LogP contribution in [0.1, 0.15) is 11.1 Å². The highest BCUT2D eigenvalue weighted by Crippen LogP contribution is 2.26. The summed E-state index contributed by atoms with van der Waals surface area (Å²) < 4.78 is 5.60. The summed E-state index contributed by atoms with van der Waals surface area (Å²) in [4.78, 5) is 10.3. The number of ether oxygens (including phenoxy) is 1. The lowest BCUT2D eigenvalue weighted by atomic mass is 10.1. The van der Waals surface area contributed by atoms with Crippen LogP contribution in [0.15, 0.2) is 42.5 Å². The molecule has 6 heteroatoms. The molecule has 21 heavy (non-hydrogen) atoms. The van der Waals surface area contributed by atoms with E-state index in [1.807, 2.05) is 12.1 Å². The third-order valence-electron chi connectivity index (χ3n) is 2.95. The SMILES string of the molecule is NCCc1ccc(OCc2cccc([N+](=O)[O-])c2)c(Cl)c1. The third kappa shape index (κ3) is 4.18. The van der Waals surface area contributed by atoms with Crippen molar-refractivity contribution in [3.63, 3.8) is 0 Å². The minimum absolute atomic E-state index is 0.0421. The number of non-ortho nitro benzene ring substituents is 1. The minimum atomic E-state index is -0.432. The van der Waals surface area contributed by atoms with Crippen molar-refractivity contribution in [3.05, 3.63) is 68.7 Å². The molecule has 0 bridgehead atoms. The maximum absolute atomic E-state index is 10.7. The first-order valence-electron chi connectivity index (χ1n) is 6.45. The average Bonchev–Trinajstić information content (AvgIpc) is 2.47. The Morgan fingerprint density at radius 3 is 2.67 bits per heavy atom. The summed E-state index contributed by atoms with van der Waals surface area (Å²) in [6.45, 7) is 0.780. The molecule has 0 aliphatic rings. The summed E-state index contributed by atoms with van der Waals surface area (Å²) in [5, 5.41) is 11.2. The van der Waals surface area contributed by atoms with Crippen molar-refractivity contribution in [2.24, 2.45) is 5.73 Å². The van der Waals surface area contributed by atoms with E-state index >= 15 is 0 Å². The quantitative estimate of drug-likeness (QED) is 0.656. The number of hydrogen-bond acceptors (Lipinski definition) is 4. The number of benzene rings is 2. The van der Waals surface area contributed by atoms with Gasteiger partial charge in [0.25, 0.3) is 5.69 Å². The average molecular weight is 307 g/mol. The van der Waals surface area contributed by atoms with Gasteiger partial charge in [-0.25, -0.2) is 0 Å². The van der Waals surface area contributed by atoms with Gasteiger partial charge in [-0.2, -0.15) is 0 Å². The van der Waals surface area contributed by atoms with Crippen LogP contribution < -0.4 is 10.5 Å². The molecule has 0 atom stereocenters. The van der Waals surface area contributed by atoms with Crippen LogP contribution in [0.5, 0.6) is 5.75 Å². The molecule has 0 aromatic heterocycles. The molecule has 0 saturated heterocycles. The van der Waals surface area contributed by atoms with Crippen LogP contribution in [0, 0.1) is 10.1 Å². The van der Waals surface area contributed by atoms with Gasteiger partial charge in [0.1, 0.15) is 12.4 Å². The number of nitro groups is 1. The van der Waals surface area contributed by atoms with Crippen molar-refractivity contribution in [2.45, 2.75) is 13.0 Å². The second kappa shape index (κ2) is 7.06. The minimum Gasteiger partial charge on any atom is -0.487 e. The van der Waals surface area contributed by atoms with Gasteiger partial charge in [-0.15, -0.1) is 0 Å². The zero-order valence-corrected chi connectivity index (χ0v) is 12.0. The van der Waals surface area contributed by atoms with Gasteiger partial charge in [-0.3, -0.25) is 10.1 Å². The van der Waals surface area contributed by atoms with E-state index in [0.717, 1.165) is 12.0 Å². The summed E-state index contributed by atoms with van der Waals surface area (Å²) in [5.74, 6) is 0.545. The summed E-state index contributed by atoms with van der Waals surface area (Å²) >= 11 is 6.14. The van der Waals surface area contributed by atoms with E-state index in [9.17, 15) is 10.1 Å². The van der Waals surface area contributed by atoms with Crippen LogP contribution >= 0.6 is 11.6 Å². The molecule has 2 aromatic carbocycles. The standard InChI is InChI=1S/C15H15ClN2O3/c16-14-9-11(6-7-17)4-5-15(14)21-10-12-2-1-3-13(8-12)18(19)20/h1-5,8-9H,6-7,10,17H2. The Labute approximate surface area is 127 Å². The van der Waals surface area contributed by atoms with Gasteiger partial charge in [-0.1, -0.05) is 29.8 Å². The predicted octanol–water partition coefficient (Wildman–Crippen LogP) is 3.33. The second-order valence-electron chi connectivity index (χ2n) is 4.52. The highest BCUT2D eigenvalue weighted by molar-refractivity contribution is 6.32. The van der Waals surface area contributed by atoms with E-state index in [-0.39, 0.29) is 12.3 Å². The number of nitro benzene ring substituents is 1. The Morgan fingerprint density at radius 2 is 2.00 bits per heavy atom. The van der Waals surface area contributed by atoms with Crippen LogP contribution in [0.4, 0.5) is 5.69 Å². The highest BCUT2D eigenvalue weighted by atomic mass is 35.5. The Hall–Kier alpha value is -2.11. The van der Waals surface area contributed by atoms with Crippen molar-refractivity contribution in [1.29, 1.82) is 0 Å². The van der Waals surface area contributed by atoms with Gasteiger partial charge >= 0.3 is 0 Å². The Balaban J connectivity index is 2.06. The summed E-state index contributed by atoms with van der Waals surface area (Å²) in [6.07, 6.45) is 0.755. The predicted molar refractivity (Wildman–Crippen MR) is 81.6 cm³/mol. The molecule has 0 aliphatic heterocycles. The zero-order valence-electron chi connectivity index (χ0n) is 11.3. The second-order valence-corrected chi connectivity index (χ2v) is 4.93. The lowest BCUT2D eigenvalue weighted by Crippen LogP contribution is -2.03. The Bertz CT molecular complexity index is 647. The van der Waals surface area contributed by atoms with E-state index < -0.39 is 4.92 Å². The normalized spacial score (nSPS) is 10.4. The Morgan fingerprint density at radius 1 is 1.19 bits per heavy atom. The fraction of sp³-hybridized carbons (Fsp3) is 0.200. The first-order valence-corrected chi connectivity index (χ1v) is 6.82. The highest BCUT2D eigenvalue weighted by Gasteiger charge is 2.07. The first kappa shape index (κ1) is 15.3. The van der Waals surface area contributed by atoms with E-state index in [1.165, 1.54) is 12.1 Å². The monoisotopic (exact) mass is 306 g/mol. The first-order chi connectivity index (χ1) is 10.1. The summed E-state index contributed by atoms with van der Waals surface area (Å²) in [7, 11) is 0. The smallest absolute Gasteiger partial charge is 0.269 e. The lowest BCUT2D eigenvalue weighted by molar-refractivity contribution is -0.384. The molecular weight excluding hydrogens is 292 g/mol. The zero-order chi connectivity index (χ0) is 15.2. The van der Waals surface area contributed by atoms with E-state index in [0.29, 0.717) is 22.9 Å². The molecular formula is C15H15ClN2O3. The molecule has 0 unspecified atom stereocenters. The van der Waals surface area contributed by atoms with Gasteiger partial charge < -0.3 is 10.5 Å². The number of rotatable bonds is 6. The number of nitrogens with two attached hydrogens (primary N) is 1.